The number of aryl methyl sites for hydroxylation is 1. The van der Waals surface area contributed by atoms with Crippen molar-refractivity contribution in [2.75, 3.05) is 19.7 Å². The third kappa shape index (κ3) is 3.64. The molecule has 0 radical (unpaired) electrons. The van der Waals surface area contributed by atoms with E-state index in [0.29, 0.717) is 12.3 Å². The van der Waals surface area contributed by atoms with Crippen LogP contribution in [0.3, 0.4) is 0 Å². The average Bonchev–Trinajstić information content (AvgIpc) is 3.24. The lowest BCUT2D eigenvalue weighted by Crippen LogP contribution is -2.45. The van der Waals surface area contributed by atoms with Crippen molar-refractivity contribution in [3.8, 4) is 0 Å². The molecular weight excluding hydrogens is 330 g/mol. The summed E-state index contributed by atoms with van der Waals surface area (Å²) in [5.41, 5.74) is 0.360. The van der Waals surface area contributed by atoms with Crippen molar-refractivity contribution < 1.29 is 9.53 Å². The van der Waals surface area contributed by atoms with Crippen LogP contribution < -0.4 is 5.32 Å². The standard InChI is InChI=1S/C19H25N5O2/c1-23-11-8-21-17(23)13-24-9-5-19(6-10-24)12-15(14-26-19)22-18(25)16-4-2-3-7-20-16/h2-4,7-8,11,15H,5-6,9-10,12-14H2,1H3,(H,22,25)/t15-/m1/s1. The molecule has 2 aromatic heterocycles. The number of nitrogens with zero attached hydrogens (tertiary/aromatic N) is 4. The van der Waals surface area contributed by atoms with Crippen LogP contribution in [0.4, 0.5) is 0 Å². The lowest BCUT2D eigenvalue weighted by atomic mass is 9.87. The monoisotopic (exact) mass is 355 g/mol. The average molecular weight is 355 g/mol. The zero-order chi connectivity index (χ0) is 18.0. The van der Waals surface area contributed by atoms with Gasteiger partial charge in [0, 0.05) is 38.7 Å². The van der Waals surface area contributed by atoms with Gasteiger partial charge in [0.05, 0.1) is 24.8 Å². The molecule has 0 bridgehead atoms. The number of pyridine rings is 1. The first-order valence-electron chi connectivity index (χ1n) is 9.18. The minimum absolute atomic E-state index is 0.0607. The molecule has 0 aromatic carbocycles. The van der Waals surface area contributed by atoms with E-state index in [0.717, 1.165) is 44.7 Å². The molecule has 138 valence electrons. The van der Waals surface area contributed by atoms with E-state index < -0.39 is 0 Å². The Morgan fingerprint density at radius 3 is 2.85 bits per heavy atom. The summed E-state index contributed by atoms with van der Waals surface area (Å²) in [7, 11) is 2.03. The SMILES string of the molecule is Cn1ccnc1CN1CCC2(CC1)C[C@@H](NC(=O)c1ccccn1)CO2. The Labute approximate surface area is 153 Å². The number of piperidine rings is 1. The Balaban J connectivity index is 1.29. The molecule has 2 aliphatic rings. The molecule has 7 heteroatoms. The minimum atomic E-state index is -0.122. The molecule has 2 aliphatic heterocycles. The summed E-state index contributed by atoms with van der Waals surface area (Å²) in [6.07, 6.45) is 8.33. The highest BCUT2D eigenvalue weighted by Gasteiger charge is 2.43. The summed E-state index contributed by atoms with van der Waals surface area (Å²) in [5, 5.41) is 3.07. The maximum absolute atomic E-state index is 12.3. The fraction of sp³-hybridized carbons (Fsp3) is 0.526. The van der Waals surface area contributed by atoms with E-state index >= 15 is 0 Å². The van der Waals surface area contributed by atoms with Gasteiger partial charge in [0.1, 0.15) is 11.5 Å². The summed E-state index contributed by atoms with van der Waals surface area (Å²) >= 11 is 0. The first-order valence-corrected chi connectivity index (χ1v) is 9.18. The number of nitrogens with one attached hydrogen (secondary N) is 1. The summed E-state index contributed by atoms with van der Waals surface area (Å²) in [6, 6.07) is 5.43. The van der Waals surface area contributed by atoms with Crippen molar-refractivity contribution in [3.05, 3.63) is 48.3 Å². The molecule has 2 fully saturated rings. The molecule has 4 rings (SSSR count). The van der Waals surface area contributed by atoms with Gasteiger partial charge in [-0.05, 0) is 31.4 Å². The van der Waals surface area contributed by atoms with E-state index in [-0.39, 0.29) is 17.6 Å². The van der Waals surface area contributed by atoms with E-state index in [4.69, 9.17) is 4.74 Å². The molecular formula is C19H25N5O2. The number of carbonyl (C=O) groups is 1. The zero-order valence-electron chi connectivity index (χ0n) is 15.1. The third-order valence-electron chi connectivity index (χ3n) is 5.50. The van der Waals surface area contributed by atoms with Crippen molar-refractivity contribution >= 4 is 5.91 Å². The molecule has 0 unspecified atom stereocenters. The fourth-order valence-electron chi connectivity index (χ4n) is 3.91. The lowest BCUT2D eigenvalue weighted by molar-refractivity contribution is -0.0453. The summed E-state index contributed by atoms with van der Waals surface area (Å²) in [6.45, 7) is 3.44. The van der Waals surface area contributed by atoms with Gasteiger partial charge >= 0.3 is 0 Å². The van der Waals surface area contributed by atoms with Gasteiger partial charge in [-0.25, -0.2) is 4.98 Å². The molecule has 4 heterocycles. The van der Waals surface area contributed by atoms with E-state index in [1.165, 1.54) is 0 Å². The Bertz CT molecular complexity index is 752. The highest BCUT2D eigenvalue weighted by molar-refractivity contribution is 5.92. The number of likely N-dealkylation sites (tertiary alicyclic amines) is 1. The predicted molar refractivity (Wildman–Crippen MR) is 96.5 cm³/mol. The van der Waals surface area contributed by atoms with Crippen molar-refractivity contribution in [3.63, 3.8) is 0 Å². The normalized spacial score (nSPS) is 22.6. The molecule has 1 N–H and O–H groups in total. The van der Waals surface area contributed by atoms with Gasteiger partial charge in [0.15, 0.2) is 0 Å². The maximum Gasteiger partial charge on any atom is 0.270 e. The van der Waals surface area contributed by atoms with Gasteiger partial charge in [0.25, 0.3) is 5.91 Å². The van der Waals surface area contributed by atoms with E-state index in [2.05, 4.69) is 24.8 Å². The van der Waals surface area contributed by atoms with Gasteiger partial charge in [-0.15, -0.1) is 0 Å². The second-order valence-electron chi connectivity index (χ2n) is 7.31. The summed E-state index contributed by atoms with van der Waals surface area (Å²) < 4.78 is 8.22. The molecule has 1 amide bonds. The van der Waals surface area contributed by atoms with Gasteiger partial charge in [-0.1, -0.05) is 6.07 Å². The van der Waals surface area contributed by atoms with Crippen LogP contribution in [0.25, 0.3) is 0 Å². The van der Waals surface area contributed by atoms with Crippen LogP contribution in [0, 0.1) is 0 Å². The third-order valence-corrected chi connectivity index (χ3v) is 5.50. The highest BCUT2D eigenvalue weighted by atomic mass is 16.5. The smallest absolute Gasteiger partial charge is 0.270 e. The first kappa shape index (κ1) is 17.2. The quantitative estimate of drug-likeness (QED) is 0.897. The second-order valence-corrected chi connectivity index (χ2v) is 7.31. The molecule has 26 heavy (non-hydrogen) atoms. The Kier molecular flexibility index (Phi) is 4.74. The molecule has 1 atom stereocenters. The minimum Gasteiger partial charge on any atom is -0.373 e. The number of amides is 1. The number of ether oxygens (including phenoxy) is 1. The number of aromatic nitrogens is 3. The first-order chi connectivity index (χ1) is 12.6. The van der Waals surface area contributed by atoms with Crippen LogP contribution in [0.15, 0.2) is 36.8 Å². The van der Waals surface area contributed by atoms with Crippen LogP contribution in [0.5, 0.6) is 0 Å². The zero-order valence-corrected chi connectivity index (χ0v) is 15.1. The van der Waals surface area contributed by atoms with Crippen LogP contribution in [0.1, 0.15) is 35.6 Å². The van der Waals surface area contributed by atoms with Crippen molar-refractivity contribution in [1.82, 2.24) is 24.8 Å². The van der Waals surface area contributed by atoms with Crippen molar-refractivity contribution in [1.29, 1.82) is 0 Å². The number of hydrogen-bond donors (Lipinski definition) is 1. The van der Waals surface area contributed by atoms with Crippen molar-refractivity contribution in [2.24, 2.45) is 7.05 Å². The van der Waals surface area contributed by atoms with Crippen LogP contribution in [-0.4, -0.2) is 56.7 Å². The number of hydrogen-bond acceptors (Lipinski definition) is 5. The molecule has 0 aliphatic carbocycles. The predicted octanol–water partition coefficient (Wildman–Crippen LogP) is 1.37. The molecule has 0 saturated carbocycles. The second kappa shape index (κ2) is 7.17. The molecule has 1 spiro atoms. The van der Waals surface area contributed by atoms with Crippen molar-refractivity contribution in [2.45, 2.75) is 37.5 Å². The highest BCUT2D eigenvalue weighted by Crippen LogP contribution is 2.36. The molecule has 2 aromatic rings. The summed E-state index contributed by atoms with van der Waals surface area (Å²) in [4.78, 5) is 23.2. The van der Waals surface area contributed by atoms with Crippen LogP contribution in [-0.2, 0) is 18.3 Å². The Morgan fingerprint density at radius 2 is 2.15 bits per heavy atom. The Morgan fingerprint density at radius 1 is 1.31 bits per heavy atom. The number of carbonyl (C=O) groups excluding carboxylic acids is 1. The van der Waals surface area contributed by atoms with E-state index in [1.54, 1.807) is 12.3 Å². The fourth-order valence-corrected chi connectivity index (χ4v) is 3.91. The Hall–Kier alpha value is -2.25. The van der Waals surface area contributed by atoms with Gasteiger partial charge in [-0.2, -0.15) is 0 Å². The molecule has 7 nitrogen and oxygen atoms in total. The number of rotatable bonds is 4. The van der Waals surface area contributed by atoms with E-state index in [1.807, 2.05) is 31.6 Å². The topological polar surface area (TPSA) is 72.3 Å². The molecule has 2 saturated heterocycles. The van der Waals surface area contributed by atoms with Gasteiger partial charge in [-0.3, -0.25) is 14.7 Å². The number of imidazole rings is 1. The van der Waals surface area contributed by atoms with Gasteiger partial charge in [0.2, 0.25) is 0 Å². The van der Waals surface area contributed by atoms with Gasteiger partial charge < -0.3 is 14.6 Å². The van der Waals surface area contributed by atoms with Crippen LogP contribution in [0.2, 0.25) is 0 Å². The maximum atomic E-state index is 12.3. The van der Waals surface area contributed by atoms with E-state index in [9.17, 15) is 4.79 Å². The lowest BCUT2D eigenvalue weighted by Gasteiger charge is -2.38. The largest absolute Gasteiger partial charge is 0.373 e. The summed E-state index contributed by atoms with van der Waals surface area (Å²) in [5.74, 6) is 0.970. The van der Waals surface area contributed by atoms with Crippen LogP contribution >= 0.6 is 0 Å².